The van der Waals surface area contributed by atoms with Gasteiger partial charge >= 0.3 is 0 Å². The molecule has 0 aromatic rings. The molecule has 0 aliphatic carbocycles. The molecule has 0 aliphatic rings. The first-order valence-electron chi connectivity index (χ1n) is 1.13. The summed E-state index contributed by atoms with van der Waals surface area (Å²) < 4.78 is 4.11. The third-order valence-corrected chi connectivity index (χ3v) is 2.24. The van der Waals surface area contributed by atoms with Gasteiger partial charge < -0.3 is 0 Å². The molecule has 0 saturated heterocycles. The predicted molar refractivity (Wildman–Crippen MR) is 40.5 cm³/mol. The van der Waals surface area contributed by atoms with Crippen LogP contribution in [0.4, 0.5) is 0 Å². The van der Waals surface area contributed by atoms with E-state index in [0.717, 1.165) is 0 Å². The lowest BCUT2D eigenvalue weighted by atomic mass is 10.8. The van der Waals surface area contributed by atoms with E-state index in [1.807, 2.05) is 6.92 Å². The van der Waals surface area contributed by atoms with Crippen LogP contribution in [0.5, 0.6) is 0 Å². The van der Waals surface area contributed by atoms with Gasteiger partial charge in [0.15, 0.2) is 0 Å². The molecule has 0 fully saturated rings. The van der Waals surface area contributed by atoms with Gasteiger partial charge in [-0.1, -0.05) is 0 Å². The van der Waals surface area contributed by atoms with Crippen molar-refractivity contribution in [3.8, 4) is 0 Å². The van der Waals surface area contributed by atoms with Gasteiger partial charge in [-0.2, -0.15) is 0 Å². The van der Waals surface area contributed by atoms with Crippen LogP contribution in [0.15, 0.2) is 3.58 Å². The zero-order valence-corrected chi connectivity index (χ0v) is 7.07. The van der Waals surface area contributed by atoms with Crippen molar-refractivity contribution in [1.29, 1.82) is 0 Å². The summed E-state index contributed by atoms with van der Waals surface area (Å²) in [5, 5.41) is 0. The zero-order chi connectivity index (χ0) is 4.28. The molecule has 0 aromatic heterocycles. The molecule has 0 unspecified atom stereocenters. The predicted octanol–water partition coefficient (Wildman–Crippen LogP) is 2.52. The molecule has 0 aliphatic heterocycles. The summed E-state index contributed by atoms with van der Waals surface area (Å²) in [4.78, 5) is 0. The molecule has 0 N–H and O–H groups in total. The molecular formula is C3H3I2. The third kappa shape index (κ3) is 5.20. The lowest BCUT2D eigenvalue weighted by Crippen LogP contribution is -1.40. The van der Waals surface area contributed by atoms with E-state index in [4.69, 9.17) is 0 Å². The Balaban J connectivity index is 3.14. The third-order valence-electron chi connectivity index (χ3n) is 0.130. The summed E-state index contributed by atoms with van der Waals surface area (Å²) in [5.74, 6) is 0. The van der Waals surface area contributed by atoms with E-state index < -0.39 is 0 Å². The molecule has 0 saturated carbocycles. The maximum atomic E-state index is 2.90. The van der Waals surface area contributed by atoms with Crippen LogP contribution in [0.3, 0.4) is 0 Å². The molecule has 0 nitrogen and oxygen atoms in total. The highest BCUT2D eigenvalue weighted by atomic mass is 127. The first kappa shape index (κ1) is 6.20. The fourth-order valence-electron chi connectivity index (χ4n) is 0. The Morgan fingerprint density at radius 1 is 1.80 bits per heavy atom. The molecule has 29 valence electrons. The Kier molecular flexibility index (Phi) is 4.21. The molecule has 2 heteroatoms. The number of hydrogen-bond acceptors (Lipinski definition) is 0. The van der Waals surface area contributed by atoms with Gasteiger partial charge in [-0.15, -0.1) is 0 Å². The highest BCUT2D eigenvalue weighted by Gasteiger charge is 1.66. The van der Waals surface area contributed by atoms with Gasteiger partial charge in [0.05, 0.1) is 0 Å². The summed E-state index contributed by atoms with van der Waals surface area (Å²) in [7, 11) is 0. The lowest BCUT2D eigenvalue weighted by Gasteiger charge is -1.67. The van der Waals surface area contributed by atoms with Gasteiger partial charge in [-0.25, -0.2) is 0 Å². The molecule has 5 heavy (non-hydrogen) atoms. The van der Waals surface area contributed by atoms with Crippen LogP contribution in [0.1, 0.15) is 6.92 Å². The number of allylic oxidation sites excluding steroid dienone is 1. The zero-order valence-electron chi connectivity index (χ0n) is 2.76. The second kappa shape index (κ2) is 3.39. The lowest BCUT2D eigenvalue weighted by molar-refractivity contribution is 1.75. The van der Waals surface area contributed by atoms with Crippen molar-refractivity contribution in [1.82, 2.24) is 0 Å². The normalized spacial score (nSPS) is 12.2. The SMILES string of the molecule is C/C(I)=[C]/I. The van der Waals surface area contributed by atoms with Crippen molar-refractivity contribution < 1.29 is 0 Å². The highest BCUT2D eigenvalue weighted by Crippen LogP contribution is 2.03. The van der Waals surface area contributed by atoms with Crippen LogP contribution in [-0.4, -0.2) is 0 Å². The maximum Gasteiger partial charge on any atom is 0.0361 e. The summed E-state index contributed by atoms with van der Waals surface area (Å²) >= 11 is 4.29. The van der Waals surface area contributed by atoms with Crippen molar-refractivity contribution in [2.75, 3.05) is 0 Å². The molecule has 0 heterocycles. The largest absolute Gasteiger partial charge is 0.0483 e. The molecular weight excluding hydrogens is 290 g/mol. The smallest absolute Gasteiger partial charge is 0.0361 e. The topological polar surface area (TPSA) is 0 Å². The molecule has 0 bridgehead atoms. The van der Waals surface area contributed by atoms with Crippen LogP contribution >= 0.6 is 45.2 Å². The summed E-state index contributed by atoms with van der Waals surface area (Å²) in [6.07, 6.45) is 0. The van der Waals surface area contributed by atoms with Gasteiger partial charge in [0.2, 0.25) is 0 Å². The Bertz CT molecular complexity index is 42.9. The fraction of sp³-hybridized carbons (Fsp3) is 0.333. The van der Waals surface area contributed by atoms with Crippen molar-refractivity contribution in [3.63, 3.8) is 0 Å². The minimum Gasteiger partial charge on any atom is -0.0483 e. The van der Waals surface area contributed by atoms with Gasteiger partial charge in [0, 0.05) is 7.66 Å². The Labute approximate surface area is 59.3 Å². The Morgan fingerprint density at radius 2 is 2.00 bits per heavy atom. The molecule has 0 amide bonds. The van der Waals surface area contributed by atoms with Crippen molar-refractivity contribution in [2.24, 2.45) is 0 Å². The molecule has 0 rings (SSSR count). The molecule has 1 radical (unpaired) electrons. The highest BCUT2D eigenvalue weighted by molar-refractivity contribution is 14.1. The maximum absolute atomic E-state index is 2.90. The average molecular weight is 293 g/mol. The van der Waals surface area contributed by atoms with Crippen molar-refractivity contribution in [2.45, 2.75) is 6.92 Å². The van der Waals surface area contributed by atoms with Crippen molar-refractivity contribution >= 4 is 45.2 Å². The molecule has 0 spiro atoms. The minimum atomic E-state index is 1.21. The van der Waals surface area contributed by atoms with Gasteiger partial charge in [0.25, 0.3) is 0 Å². The first-order chi connectivity index (χ1) is 2.27. The van der Waals surface area contributed by atoms with Crippen LogP contribution < -0.4 is 0 Å². The Hall–Kier alpha value is 1.20. The van der Waals surface area contributed by atoms with E-state index in [2.05, 4.69) is 49.3 Å². The van der Waals surface area contributed by atoms with Gasteiger partial charge in [-0.3, -0.25) is 0 Å². The molecule has 0 atom stereocenters. The van der Waals surface area contributed by atoms with Gasteiger partial charge in [0.1, 0.15) is 0 Å². The first-order valence-corrected chi connectivity index (χ1v) is 3.29. The Morgan fingerprint density at radius 3 is 2.00 bits per heavy atom. The van der Waals surface area contributed by atoms with E-state index in [0.29, 0.717) is 0 Å². The fourth-order valence-corrected chi connectivity index (χ4v) is 0. The minimum absolute atomic E-state index is 1.21. The number of halogens is 2. The van der Waals surface area contributed by atoms with Crippen LogP contribution in [-0.2, 0) is 0 Å². The van der Waals surface area contributed by atoms with Gasteiger partial charge in [-0.05, 0) is 52.1 Å². The average Bonchev–Trinajstić information content (AvgIpc) is 1.38. The van der Waals surface area contributed by atoms with Crippen LogP contribution in [0, 0.1) is 4.08 Å². The van der Waals surface area contributed by atoms with E-state index in [9.17, 15) is 0 Å². The van der Waals surface area contributed by atoms with Crippen LogP contribution in [0.2, 0.25) is 0 Å². The molecule has 0 aromatic carbocycles. The summed E-state index contributed by atoms with van der Waals surface area (Å²) in [5.41, 5.74) is 0. The number of hydrogen-bond donors (Lipinski definition) is 0. The van der Waals surface area contributed by atoms with E-state index in [1.165, 1.54) is 3.58 Å². The summed E-state index contributed by atoms with van der Waals surface area (Å²) in [6, 6.07) is 0. The van der Waals surface area contributed by atoms with Crippen molar-refractivity contribution in [3.05, 3.63) is 7.66 Å². The monoisotopic (exact) mass is 293 g/mol. The standard InChI is InChI=1S/C3H3I2/c1-3(5)2-4/h1H3. The number of rotatable bonds is 0. The van der Waals surface area contributed by atoms with Crippen LogP contribution in [0.25, 0.3) is 0 Å². The van der Waals surface area contributed by atoms with E-state index in [1.54, 1.807) is 0 Å². The quantitative estimate of drug-likeness (QED) is 0.602. The second-order valence-corrected chi connectivity index (χ2v) is 2.79. The van der Waals surface area contributed by atoms with E-state index >= 15 is 0 Å². The summed E-state index contributed by atoms with van der Waals surface area (Å²) in [6.45, 7) is 2.01. The van der Waals surface area contributed by atoms with E-state index in [-0.39, 0.29) is 0 Å². The second-order valence-electron chi connectivity index (χ2n) is 0.628.